The molecule has 3 heteroatoms. The van der Waals surface area contributed by atoms with E-state index in [1.807, 2.05) is 0 Å². The van der Waals surface area contributed by atoms with Gasteiger partial charge in [0.15, 0.2) is 0 Å². The highest BCUT2D eigenvalue weighted by atomic mass is 16.5. The van der Waals surface area contributed by atoms with Crippen LogP contribution in [-0.4, -0.2) is 49.8 Å². The lowest BCUT2D eigenvalue weighted by Crippen LogP contribution is -2.52. The molecule has 2 bridgehead atoms. The van der Waals surface area contributed by atoms with Crippen LogP contribution in [-0.2, 0) is 4.74 Å². The zero-order chi connectivity index (χ0) is 8.73. The Hall–Kier alpha value is -0.120. The summed E-state index contributed by atoms with van der Waals surface area (Å²) in [5.74, 6) is 0.905. The van der Waals surface area contributed by atoms with Crippen LogP contribution in [0, 0.1) is 5.92 Å². The Labute approximate surface area is 79.4 Å². The van der Waals surface area contributed by atoms with Crippen LogP contribution in [0.2, 0.25) is 0 Å². The van der Waals surface area contributed by atoms with Crippen LogP contribution in [0.1, 0.15) is 12.8 Å². The van der Waals surface area contributed by atoms with Crippen molar-refractivity contribution in [3.8, 4) is 0 Å². The summed E-state index contributed by atoms with van der Waals surface area (Å²) < 4.78 is 5.86. The van der Waals surface area contributed by atoms with E-state index in [1.165, 1.54) is 32.5 Å². The van der Waals surface area contributed by atoms with Gasteiger partial charge < -0.3 is 10.1 Å². The maximum absolute atomic E-state index is 5.86. The molecule has 4 aliphatic rings. The van der Waals surface area contributed by atoms with Crippen LogP contribution in [0.4, 0.5) is 0 Å². The molecule has 0 amide bonds. The largest absolute Gasteiger partial charge is 0.373 e. The van der Waals surface area contributed by atoms with E-state index in [0.29, 0.717) is 5.60 Å². The summed E-state index contributed by atoms with van der Waals surface area (Å²) in [6.45, 7) is 6.93. The van der Waals surface area contributed by atoms with Crippen LogP contribution >= 0.6 is 0 Å². The summed E-state index contributed by atoms with van der Waals surface area (Å²) in [4.78, 5) is 2.55. The van der Waals surface area contributed by atoms with Crippen molar-refractivity contribution in [2.45, 2.75) is 18.4 Å². The van der Waals surface area contributed by atoms with Gasteiger partial charge in [0.05, 0.1) is 12.2 Å². The number of fused-ring (bicyclic) bond motifs is 1. The van der Waals surface area contributed by atoms with Crippen LogP contribution < -0.4 is 5.32 Å². The van der Waals surface area contributed by atoms with Gasteiger partial charge in [-0.2, -0.15) is 0 Å². The molecule has 0 radical (unpaired) electrons. The number of rotatable bonds is 2. The van der Waals surface area contributed by atoms with Gasteiger partial charge in [0.2, 0.25) is 0 Å². The Morgan fingerprint density at radius 3 is 2.69 bits per heavy atom. The van der Waals surface area contributed by atoms with E-state index in [0.717, 1.165) is 25.6 Å². The number of hydrogen-bond acceptors (Lipinski definition) is 3. The molecule has 3 nitrogen and oxygen atoms in total. The Kier molecular flexibility index (Phi) is 1.86. The zero-order valence-corrected chi connectivity index (χ0v) is 8.09. The maximum Gasteiger partial charge on any atom is 0.0815 e. The van der Waals surface area contributed by atoms with E-state index >= 15 is 0 Å². The van der Waals surface area contributed by atoms with Crippen molar-refractivity contribution in [3.63, 3.8) is 0 Å². The Morgan fingerprint density at radius 2 is 2.08 bits per heavy atom. The molecule has 1 N–H and O–H groups in total. The highest BCUT2D eigenvalue weighted by Crippen LogP contribution is 2.48. The Morgan fingerprint density at radius 1 is 1.31 bits per heavy atom. The number of nitrogens with zero attached hydrogens (tertiary/aromatic N) is 1. The topological polar surface area (TPSA) is 24.5 Å². The SMILES string of the molecule is C1CN(CC23CC(CO2)C3)CCN1. The minimum atomic E-state index is 0.294. The number of ether oxygens (including phenoxy) is 1. The second-order valence-corrected chi connectivity index (χ2v) is 4.79. The molecule has 3 heterocycles. The molecule has 74 valence electrons. The molecular weight excluding hydrogens is 164 g/mol. The molecule has 1 aliphatic carbocycles. The maximum atomic E-state index is 5.86. The van der Waals surface area contributed by atoms with E-state index in [1.54, 1.807) is 0 Å². The second-order valence-electron chi connectivity index (χ2n) is 4.79. The first kappa shape index (κ1) is 8.21. The van der Waals surface area contributed by atoms with Crippen LogP contribution in [0.5, 0.6) is 0 Å². The minimum Gasteiger partial charge on any atom is -0.373 e. The fraction of sp³-hybridized carbons (Fsp3) is 1.00. The highest BCUT2D eigenvalue weighted by Gasteiger charge is 2.52. The van der Waals surface area contributed by atoms with Crippen molar-refractivity contribution < 1.29 is 4.74 Å². The van der Waals surface area contributed by atoms with Crippen molar-refractivity contribution in [2.75, 3.05) is 39.3 Å². The van der Waals surface area contributed by atoms with Crippen molar-refractivity contribution in [1.82, 2.24) is 10.2 Å². The van der Waals surface area contributed by atoms with E-state index in [9.17, 15) is 0 Å². The van der Waals surface area contributed by atoms with Gasteiger partial charge >= 0.3 is 0 Å². The molecule has 4 rings (SSSR count). The van der Waals surface area contributed by atoms with Crippen LogP contribution in [0.25, 0.3) is 0 Å². The zero-order valence-electron chi connectivity index (χ0n) is 8.09. The van der Waals surface area contributed by atoms with Crippen LogP contribution in [0.3, 0.4) is 0 Å². The summed E-state index contributed by atoms with van der Waals surface area (Å²) in [6.07, 6.45) is 2.66. The third kappa shape index (κ3) is 1.39. The quantitative estimate of drug-likeness (QED) is 0.654. The average Bonchev–Trinajstić information content (AvgIpc) is 2.65. The number of piperazine rings is 1. The lowest BCUT2D eigenvalue weighted by Gasteiger charge is -2.41. The molecule has 4 fully saturated rings. The first-order valence-electron chi connectivity index (χ1n) is 5.43. The monoisotopic (exact) mass is 182 g/mol. The summed E-state index contributed by atoms with van der Waals surface area (Å²) in [5.41, 5.74) is 0.294. The molecule has 0 atom stereocenters. The van der Waals surface area contributed by atoms with Gasteiger partial charge in [-0.05, 0) is 18.8 Å². The normalized spacial score (nSPS) is 44.8. The second kappa shape index (κ2) is 2.94. The summed E-state index contributed by atoms with van der Waals surface area (Å²) in [5, 5.41) is 3.38. The van der Waals surface area contributed by atoms with E-state index < -0.39 is 0 Å². The summed E-state index contributed by atoms with van der Waals surface area (Å²) in [6, 6.07) is 0. The van der Waals surface area contributed by atoms with E-state index in [-0.39, 0.29) is 0 Å². The highest BCUT2D eigenvalue weighted by molar-refractivity contribution is 5.03. The Balaban J connectivity index is 1.56. The Bertz CT molecular complexity index is 190. The van der Waals surface area contributed by atoms with Gasteiger partial charge in [-0.3, -0.25) is 4.90 Å². The summed E-state index contributed by atoms with van der Waals surface area (Å²) >= 11 is 0. The van der Waals surface area contributed by atoms with Crippen LogP contribution in [0.15, 0.2) is 0 Å². The lowest BCUT2D eigenvalue weighted by atomic mass is 9.74. The molecular formula is C10H18N2O. The third-order valence-electron chi connectivity index (χ3n) is 3.67. The molecule has 0 aromatic carbocycles. The van der Waals surface area contributed by atoms with Crippen molar-refractivity contribution in [2.24, 2.45) is 5.92 Å². The predicted molar refractivity (Wildman–Crippen MR) is 50.7 cm³/mol. The minimum absolute atomic E-state index is 0.294. The standard InChI is InChI=1S/C10H18N2O/c1-3-12(4-2-11-1)8-10-5-9(6-10)7-13-10/h9,11H,1-8H2. The summed E-state index contributed by atoms with van der Waals surface area (Å²) in [7, 11) is 0. The average molecular weight is 182 g/mol. The number of hydrogen-bond donors (Lipinski definition) is 1. The van der Waals surface area contributed by atoms with Gasteiger partial charge in [0.25, 0.3) is 0 Å². The van der Waals surface area contributed by atoms with E-state index in [4.69, 9.17) is 4.74 Å². The molecule has 3 aliphatic heterocycles. The number of nitrogens with one attached hydrogen (secondary N) is 1. The first-order chi connectivity index (χ1) is 6.36. The molecule has 13 heavy (non-hydrogen) atoms. The predicted octanol–water partition coefficient (Wildman–Crippen LogP) is 0.0706. The molecule has 0 unspecified atom stereocenters. The molecule has 3 saturated heterocycles. The smallest absolute Gasteiger partial charge is 0.0815 e. The van der Waals surface area contributed by atoms with Gasteiger partial charge in [0.1, 0.15) is 0 Å². The van der Waals surface area contributed by atoms with Gasteiger partial charge in [-0.15, -0.1) is 0 Å². The lowest BCUT2D eigenvalue weighted by molar-refractivity contribution is -0.0301. The molecule has 1 saturated carbocycles. The van der Waals surface area contributed by atoms with Crippen molar-refractivity contribution >= 4 is 0 Å². The van der Waals surface area contributed by atoms with Gasteiger partial charge in [-0.25, -0.2) is 0 Å². The van der Waals surface area contributed by atoms with Gasteiger partial charge in [-0.1, -0.05) is 0 Å². The molecule has 0 aromatic rings. The molecule has 0 spiro atoms. The van der Waals surface area contributed by atoms with Crippen molar-refractivity contribution in [3.05, 3.63) is 0 Å². The van der Waals surface area contributed by atoms with Crippen molar-refractivity contribution in [1.29, 1.82) is 0 Å². The van der Waals surface area contributed by atoms with Gasteiger partial charge in [0, 0.05) is 32.7 Å². The third-order valence-corrected chi connectivity index (χ3v) is 3.67. The van der Waals surface area contributed by atoms with E-state index in [2.05, 4.69) is 10.2 Å². The fourth-order valence-corrected chi connectivity index (χ4v) is 2.97. The molecule has 0 aromatic heterocycles. The first-order valence-corrected chi connectivity index (χ1v) is 5.43. The fourth-order valence-electron chi connectivity index (χ4n) is 2.97.